The third kappa shape index (κ3) is 4.76. The number of benzene rings is 1. The molecule has 1 unspecified atom stereocenters. The predicted molar refractivity (Wildman–Crippen MR) is 122 cm³/mol. The molecule has 4 rings (SSSR count). The van der Waals surface area contributed by atoms with Crippen molar-refractivity contribution in [3.63, 3.8) is 0 Å². The summed E-state index contributed by atoms with van der Waals surface area (Å²) in [6, 6.07) is 14.9. The summed E-state index contributed by atoms with van der Waals surface area (Å²) in [7, 11) is -3.59. The number of anilines is 1. The number of thiophene rings is 1. The van der Waals surface area contributed by atoms with E-state index in [2.05, 4.69) is 0 Å². The van der Waals surface area contributed by atoms with Gasteiger partial charge in [-0.1, -0.05) is 17.7 Å². The normalized spacial score (nSPS) is 17.5. The van der Waals surface area contributed by atoms with Crippen LogP contribution in [0, 0.1) is 19.8 Å². The molecule has 1 atom stereocenters. The van der Waals surface area contributed by atoms with E-state index in [1.165, 1.54) is 15.6 Å². The predicted octanol–water partition coefficient (Wildman–Crippen LogP) is 4.59. The number of nitrogens with zero attached hydrogens (tertiary/aromatic N) is 2. The number of amides is 1. The monoisotopic (exact) mass is 458 g/mol. The molecule has 0 bridgehead atoms. The van der Waals surface area contributed by atoms with E-state index in [1.807, 2.05) is 50.2 Å². The van der Waals surface area contributed by atoms with Gasteiger partial charge in [0.05, 0.1) is 18.7 Å². The Kier molecular flexibility index (Phi) is 6.31. The quantitative estimate of drug-likeness (QED) is 0.542. The summed E-state index contributed by atoms with van der Waals surface area (Å²) in [5.41, 5.74) is 1.89. The molecule has 0 aliphatic carbocycles. The van der Waals surface area contributed by atoms with Crippen LogP contribution in [0.2, 0.25) is 0 Å². The highest BCUT2D eigenvalue weighted by atomic mass is 32.2. The van der Waals surface area contributed by atoms with Crippen LogP contribution in [0.15, 0.2) is 63.4 Å². The highest BCUT2D eigenvalue weighted by Crippen LogP contribution is 2.30. The Balaban J connectivity index is 1.58. The van der Waals surface area contributed by atoms with Gasteiger partial charge in [-0.15, -0.1) is 11.3 Å². The van der Waals surface area contributed by atoms with Crippen molar-refractivity contribution in [2.45, 2.75) is 37.4 Å². The number of aryl methyl sites for hydroxylation is 2. The van der Waals surface area contributed by atoms with Gasteiger partial charge in [-0.05, 0) is 63.1 Å². The molecule has 3 heterocycles. The maximum absolute atomic E-state index is 13.6. The molecule has 31 heavy (non-hydrogen) atoms. The van der Waals surface area contributed by atoms with Gasteiger partial charge in [-0.2, -0.15) is 4.31 Å². The first kappa shape index (κ1) is 21.8. The van der Waals surface area contributed by atoms with E-state index >= 15 is 0 Å². The lowest BCUT2D eigenvalue weighted by molar-refractivity contribution is -0.123. The molecule has 1 aliphatic heterocycles. The smallest absolute Gasteiger partial charge is 0.252 e. The lowest BCUT2D eigenvalue weighted by Crippen LogP contribution is -2.46. The van der Waals surface area contributed by atoms with Gasteiger partial charge >= 0.3 is 0 Å². The summed E-state index contributed by atoms with van der Waals surface area (Å²) in [6.07, 6.45) is 2.91. The van der Waals surface area contributed by atoms with Crippen LogP contribution in [-0.4, -0.2) is 31.7 Å². The number of piperidine rings is 1. The molecule has 1 amide bonds. The van der Waals surface area contributed by atoms with Crippen LogP contribution in [0.25, 0.3) is 0 Å². The van der Waals surface area contributed by atoms with Crippen molar-refractivity contribution >= 4 is 33.0 Å². The molecule has 0 saturated carbocycles. The first-order chi connectivity index (χ1) is 14.8. The van der Waals surface area contributed by atoms with Crippen LogP contribution in [0.3, 0.4) is 0 Å². The van der Waals surface area contributed by atoms with Crippen molar-refractivity contribution in [1.82, 2.24) is 4.31 Å². The van der Waals surface area contributed by atoms with Crippen LogP contribution in [0.5, 0.6) is 0 Å². The van der Waals surface area contributed by atoms with E-state index in [4.69, 9.17) is 4.42 Å². The third-order valence-electron chi connectivity index (χ3n) is 5.55. The van der Waals surface area contributed by atoms with Crippen molar-refractivity contribution < 1.29 is 17.6 Å². The highest BCUT2D eigenvalue weighted by molar-refractivity contribution is 7.91. The van der Waals surface area contributed by atoms with Gasteiger partial charge in [0, 0.05) is 23.7 Å². The number of furan rings is 1. The van der Waals surface area contributed by atoms with Gasteiger partial charge in [0.25, 0.3) is 10.0 Å². The summed E-state index contributed by atoms with van der Waals surface area (Å²) in [5, 5.41) is 0. The number of hydrogen-bond acceptors (Lipinski definition) is 5. The minimum atomic E-state index is -3.59. The molecule has 3 aromatic rings. The van der Waals surface area contributed by atoms with E-state index in [0.717, 1.165) is 16.1 Å². The molecular weight excluding hydrogens is 432 g/mol. The van der Waals surface area contributed by atoms with Crippen LogP contribution < -0.4 is 4.90 Å². The lowest BCUT2D eigenvalue weighted by atomic mass is 9.97. The van der Waals surface area contributed by atoms with Crippen molar-refractivity contribution in [1.29, 1.82) is 0 Å². The largest absolute Gasteiger partial charge is 0.467 e. The number of sulfonamides is 1. The minimum Gasteiger partial charge on any atom is -0.467 e. The molecule has 1 saturated heterocycles. The fourth-order valence-electron chi connectivity index (χ4n) is 3.84. The maximum Gasteiger partial charge on any atom is 0.252 e. The molecule has 2 aromatic heterocycles. The van der Waals surface area contributed by atoms with Crippen molar-refractivity contribution in [2.24, 2.45) is 5.92 Å². The Morgan fingerprint density at radius 2 is 1.94 bits per heavy atom. The molecule has 6 nitrogen and oxygen atoms in total. The summed E-state index contributed by atoms with van der Waals surface area (Å²) >= 11 is 1.27. The number of rotatable bonds is 6. The molecular formula is C23H26N2O4S2. The van der Waals surface area contributed by atoms with Crippen LogP contribution >= 0.6 is 11.3 Å². The second-order valence-electron chi connectivity index (χ2n) is 7.91. The Hall–Kier alpha value is -2.42. The van der Waals surface area contributed by atoms with Gasteiger partial charge in [0.1, 0.15) is 9.97 Å². The van der Waals surface area contributed by atoms with Crippen molar-refractivity contribution in [2.75, 3.05) is 18.0 Å². The molecule has 0 spiro atoms. The number of carbonyl (C=O) groups is 1. The number of hydrogen-bond donors (Lipinski definition) is 0. The Morgan fingerprint density at radius 3 is 2.58 bits per heavy atom. The third-order valence-corrected chi connectivity index (χ3v) is 8.88. The first-order valence-corrected chi connectivity index (χ1v) is 12.6. The standard InChI is InChI=1S/C23H26N2O4S2/c1-17-7-10-20(11-8-17)25(16-21-6-4-14-29-21)23(26)19-5-3-13-24(15-19)31(27,28)22-12-9-18(2)30-22/h4,6-12,14,19H,3,5,13,15-16H2,1-2H3. The van der Waals surface area contributed by atoms with Gasteiger partial charge < -0.3 is 9.32 Å². The topological polar surface area (TPSA) is 70.8 Å². The molecule has 0 radical (unpaired) electrons. The van der Waals surface area contributed by atoms with E-state index < -0.39 is 15.9 Å². The van der Waals surface area contributed by atoms with E-state index in [0.29, 0.717) is 35.9 Å². The van der Waals surface area contributed by atoms with Crippen LogP contribution in [0.4, 0.5) is 5.69 Å². The lowest BCUT2D eigenvalue weighted by Gasteiger charge is -2.34. The Morgan fingerprint density at radius 1 is 1.16 bits per heavy atom. The average Bonchev–Trinajstić information content (AvgIpc) is 3.44. The summed E-state index contributed by atoms with van der Waals surface area (Å²) in [4.78, 5) is 16.2. The zero-order chi connectivity index (χ0) is 22.0. The van der Waals surface area contributed by atoms with Gasteiger partial charge in [0.15, 0.2) is 0 Å². The zero-order valence-electron chi connectivity index (χ0n) is 17.7. The van der Waals surface area contributed by atoms with Gasteiger partial charge in [0.2, 0.25) is 5.91 Å². The molecule has 164 valence electrons. The van der Waals surface area contributed by atoms with Crippen LogP contribution in [0.1, 0.15) is 29.0 Å². The average molecular weight is 459 g/mol. The highest BCUT2D eigenvalue weighted by Gasteiger charge is 2.36. The summed E-state index contributed by atoms with van der Waals surface area (Å²) in [5.74, 6) is 0.201. The van der Waals surface area contributed by atoms with Gasteiger partial charge in [-0.25, -0.2) is 8.42 Å². The minimum absolute atomic E-state index is 0.0810. The van der Waals surface area contributed by atoms with Crippen molar-refractivity contribution in [3.05, 3.63) is 71.0 Å². The first-order valence-electron chi connectivity index (χ1n) is 10.3. The second kappa shape index (κ2) is 8.98. The molecule has 0 N–H and O–H groups in total. The van der Waals surface area contributed by atoms with Crippen molar-refractivity contribution in [3.8, 4) is 0 Å². The second-order valence-corrected chi connectivity index (χ2v) is 11.4. The van der Waals surface area contributed by atoms with E-state index in [1.54, 1.807) is 23.3 Å². The molecule has 1 fully saturated rings. The summed E-state index contributed by atoms with van der Waals surface area (Å²) in [6.45, 7) is 4.83. The molecule has 1 aromatic carbocycles. The zero-order valence-corrected chi connectivity index (χ0v) is 19.3. The number of carbonyl (C=O) groups excluding carboxylic acids is 1. The summed E-state index contributed by atoms with van der Waals surface area (Å²) < 4.78 is 33.5. The molecule has 8 heteroatoms. The van der Waals surface area contributed by atoms with E-state index in [9.17, 15) is 13.2 Å². The fraction of sp³-hybridized carbons (Fsp3) is 0.348. The molecule has 1 aliphatic rings. The van der Waals surface area contributed by atoms with Gasteiger partial charge in [-0.3, -0.25) is 4.79 Å². The Labute approximate surface area is 187 Å². The fourth-order valence-corrected chi connectivity index (χ4v) is 6.80. The Bertz CT molecular complexity index is 1130. The maximum atomic E-state index is 13.6. The van der Waals surface area contributed by atoms with Crippen LogP contribution in [-0.2, 0) is 21.4 Å². The SMILES string of the molecule is Cc1ccc(N(Cc2ccco2)C(=O)C2CCCN(S(=O)(=O)c3ccc(C)s3)C2)cc1. The van der Waals surface area contributed by atoms with E-state index in [-0.39, 0.29) is 12.5 Å².